The van der Waals surface area contributed by atoms with Crippen molar-refractivity contribution in [3.05, 3.63) is 53.6 Å². The van der Waals surface area contributed by atoms with Crippen LogP contribution in [-0.2, 0) is 11.2 Å². The number of ether oxygens (including phenoxy) is 2. The molecule has 0 aliphatic heterocycles. The summed E-state index contributed by atoms with van der Waals surface area (Å²) in [7, 11) is 0. The molecule has 0 aliphatic rings. The molecule has 1 amide bonds. The zero-order valence-electron chi connectivity index (χ0n) is 13.9. The maximum Gasteiger partial charge on any atom is 0.228 e. The first-order valence-electron chi connectivity index (χ1n) is 7.87. The third-order valence-electron chi connectivity index (χ3n) is 3.31. The molecule has 4 nitrogen and oxygen atoms in total. The third kappa shape index (κ3) is 5.02. The molecule has 23 heavy (non-hydrogen) atoms. The van der Waals surface area contributed by atoms with Crippen molar-refractivity contribution in [2.75, 3.05) is 18.5 Å². The lowest BCUT2D eigenvalue weighted by atomic mass is 10.1. The SMILES string of the molecule is CCOc1ccc(CC(=O)Nc2ccc(C)cc2OCC)cc1. The number of anilines is 1. The highest BCUT2D eigenvalue weighted by Crippen LogP contribution is 2.26. The number of rotatable bonds is 7. The molecule has 0 atom stereocenters. The van der Waals surface area contributed by atoms with Gasteiger partial charge in [0.05, 0.1) is 25.3 Å². The highest BCUT2D eigenvalue weighted by atomic mass is 16.5. The predicted molar refractivity (Wildman–Crippen MR) is 92.3 cm³/mol. The molecule has 0 saturated carbocycles. The van der Waals surface area contributed by atoms with E-state index in [1.807, 2.05) is 63.2 Å². The maximum absolute atomic E-state index is 12.2. The van der Waals surface area contributed by atoms with Gasteiger partial charge in [0.25, 0.3) is 0 Å². The Kier molecular flexibility index (Phi) is 6.03. The van der Waals surface area contributed by atoms with Crippen molar-refractivity contribution in [2.45, 2.75) is 27.2 Å². The van der Waals surface area contributed by atoms with E-state index >= 15 is 0 Å². The van der Waals surface area contributed by atoms with Crippen molar-refractivity contribution >= 4 is 11.6 Å². The van der Waals surface area contributed by atoms with Crippen LogP contribution in [0, 0.1) is 6.92 Å². The zero-order chi connectivity index (χ0) is 16.7. The lowest BCUT2D eigenvalue weighted by molar-refractivity contribution is -0.115. The van der Waals surface area contributed by atoms with Crippen LogP contribution in [0.25, 0.3) is 0 Å². The number of nitrogens with one attached hydrogen (secondary N) is 1. The highest BCUT2D eigenvalue weighted by Gasteiger charge is 2.09. The van der Waals surface area contributed by atoms with E-state index in [4.69, 9.17) is 9.47 Å². The molecule has 1 N–H and O–H groups in total. The molecule has 0 aliphatic carbocycles. The van der Waals surface area contributed by atoms with E-state index in [-0.39, 0.29) is 5.91 Å². The van der Waals surface area contributed by atoms with Gasteiger partial charge in [-0.2, -0.15) is 0 Å². The molecule has 0 saturated heterocycles. The monoisotopic (exact) mass is 313 g/mol. The summed E-state index contributed by atoms with van der Waals surface area (Å²) < 4.78 is 11.0. The van der Waals surface area contributed by atoms with Gasteiger partial charge in [-0.05, 0) is 56.2 Å². The molecule has 0 radical (unpaired) electrons. The summed E-state index contributed by atoms with van der Waals surface area (Å²) in [6, 6.07) is 13.3. The summed E-state index contributed by atoms with van der Waals surface area (Å²) in [6.07, 6.45) is 0.311. The summed E-state index contributed by atoms with van der Waals surface area (Å²) >= 11 is 0. The van der Waals surface area contributed by atoms with Gasteiger partial charge in [0.1, 0.15) is 11.5 Å². The second kappa shape index (κ2) is 8.22. The van der Waals surface area contributed by atoms with Gasteiger partial charge in [0, 0.05) is 0 Å². The van der Waals surface area contributed by atoms with Crippen molar-refractivity contribution in [2.24, 2.45) is 0 Å². The number of carbonyl (C=O) groups is 1. The summed E-state index contributed by atoms with van der Waals surface area (Å²) in [5, 5.41) is 2.92. The molecule has 2 aromatic rings. The van der Waals surface area contributed by atoms with E-state index in [0.29, 0.717) is 31.1 Å². The van der Waals surface area contributed by atoms with Crippen LogP contribution in [0.5, 0.6) is 11.5 Å². The summed E-state index contributed by atoms with van der Waals surface area (Å²) in [4.78, 5) is 12.2. The maximum atomic E-state index is 12.2. The van der Waals surface area contributed by atoms with E-state index in [2.05, 4.69) is 5.32 Å². The zero-order valence-corrected chi connectivity index (χ0v) is 13.9. The van der Waals surface area contributed by atoms with E-state index < -0.39 is 0 Å². The topological polar surface area (TPSA) is 47.6 Å². The van der Waals surface area contributed by atoms with Crippen LogP contribution in [0.4, 0.5) is 5.69 Å². The quantitative estimate of drug-likeness (QED) is 0.841. The number of benzene rings is 2. The van der Waals surface area contributed by atoms with Crippen molar-refractivity contribution in [1.82, 2.24) is 0 Å². The molecule has 0 bridgehead atoms. The third-order valence-corrected chi connectivity index (χ3v) is 3.31. The summed E-state index contributed by atoms with van der Waals surface area (Å²) in [6.45, 7) is 7.06. The fraction of sp³-hybridized carbons (Fsp3) is 0.316. The minimum absolute atomic E-state index is 0.0704. The Morgan fingerprint density at radius 3 is 2.35 bits per heavy atom. The largest absolute Gasteiger partial charge is 0.494 e. The molecular weight excluding hydrogens is 290 g/mol. The van der Waals surface area contributed by atoms with Gasteiger partial charge in [-0.15, -0.1) is 0 Å². The number of hydrogen-bond acceptors (Lipinski definition) is 3. The Morgan fingerprint density at radius 2 is 1.70 bits per heavy atom. The first kappa shape index (κ1) is 16.9. The molecule has 2 rings (SSSR count). The van der Waals surface area contributed by atoms with Crippen LogP contribution in [0.2, 0.25) is 0 Å². The van der Waals surface area contributed by atoms with Crippen molar-refractivity contribution < 1.29 is 14.3 Å². The molecule has 0 heterocycles. The first-order valence-corrected chi connectivity index (χ1v) is 7.87. The van der Waals surface area contributed by atoms with E-state index in [1.54, 1.807) is 0 Å². The smallest absolute Gasteiger partial charge is 0.228 e. The minimum atomic E-state index is -0.0704. The second-order valence-electron chi connectivity index (χ2n) is 5.23. The van der Waals surface area contributed by atoms with Crippen molar-refractivity contribution in [3.63, 3.8) is 0 Å². The minimum Gasteiger partial charge on any atom is -0.494 e. The average molecular weight is 313 g/mol. The number of aryl methyl sites for hydroxylation is 1. The normalized spacial score (nSPS) is 10.2. The van der Waals surface area contributed by atoms with Crippen LogP contribution < -0.4 is 14.8 Å². The molecule has 122 valence electrons. The highest BCUT2D eigenvalue weighted by molar-refractivity contribution is 5.93. The standard InChI is InChI=1S/C19H23NO3/c1-4-22-16-9-7-15(8-10-16)13-19(21)20-17-11-6-14(3)12-18(17)23-5-2/h6-12H,4-5,13H2,1-3H3,(H,20,21). The number of amides is 1. The Balaban J connectivity index is 2.01. The van der Waals surface area contributed by atoms with Gasteiger partial charge in [-0.3, -0.25) is 4.79 Å². The number of carbonyl (C=O) groups excluding carboxylic acids is 1. The van der Waals surface area contributed by atoms with E-state index in [0.717, 1.165) is 16.9 Å². The predicted octanol–water partition coefficient (Wildman–Crippen LogP) is 3.97. The number of hydrogen-bond donors (Lipinski definition) is 1. The molecule has 0 unspecified atom stereocenters. The molecule has 2 aromatic carbocycles. The van der Waals surface area contributed by atoms with Crippen LogP contribution in [0.1, 0.15) is 25.0 Å². The average Bonchev–Trinajstić information content (AvgIpc) is 2.52. The van der Waals surface area contributed by atoms with Gasteiger partial charge < -0.3 is 14.8 Å². The van der Waals surface area contributed by atoms with Crippen LogP contribution in [-0.4, -0.2) is 19.1 Å². The van der Waals surface area contributed by atoms with Crippen LogP contribution in [0.15, 0.2) is 42.5 Å². The van der Waals surface area contributed by atoms with Gasteiger partial charge in [0.2, 0.25) is 5.91 Å². The molecule has 0 aromatic heterocycles. The van der Waals surface area contributed by atoms with Gasteiger partial charge in [0.15, 0.2) is 0 Å². The molecular formula is C19H23NO3. The Hall–Kier alpha value is -2.49. The van der Waals surface area contributed by atoms with E-state index in [9.17, 15) is 4.79 Å². The van der Waals surface area contributed by atoms with Gasteiger partial charge in [-0.25, -0.2) is 0 Å². The van der Waals surface area contributed by atoms with Crippen LogP contribution >= 0.6 is 0 Å². The van der Waals surface area contributed by atoms with Gasteiger partial charge >= 0.3 is 0 Å². The van der Waals surface area contributed by atoms with E-state index in [1.165, 1.54) is 0 Å². The Morgan fingerprint density at radius 1 is 1.00 bits per heavy atom. The molecule has 0 spiro atoms. The lowest BCUT2D eigenvalue weighted by Crippen LogP contribution is -2.15. The Labute approximate surface area is 137 Å². The van der Waals surface area contributed by atoms with Crippen LogP contribution in [0.3, 0.4) is 0 Å². The fourth-order valence-electron chi connectivity index (χ4n) is 2.26. The summed E-state index contributed by atoms with van der Waals surface area (Å²) in [5.74, 6) is 1.44. The fourth-order valence-corrected chi connectivity index (χ4v) is 2.26. The molecule has 4 heteroatoms. The van der Waals surface area contributed by atoms with Crippen molar-refractivity contribution in [1.29, 1.82) is 0 Å². The first-order chi connectivity index (χ1) is 11.1. The summed E-state index contributed by atoms with van der Waals surface area (Å²) in [5.41, 5.74) is 2.74. The lowest BCUT2D eigenvalue weighted by Gasteiger charge is -2.12. The van der Waals surface area contributed by atoms with Gasteiger partial charge in [-0.1, -0.05) is 18.2 Å². The molecule has 0 fully saturated rings. The van der Waals surface area contributed by atoms with Crippen molar-refractivity contribution in [3.8, 4) is 11.5 Å². The second-order valence-corrected chi connectivity index (χ2v) is 5.23. The Bertz CT molecular complexity index is 650.